The topological polar surface area (TPSA) is 93.5 Å². The van der Waals surface area contributed by atoms with Crippen LogP contribution < -0.4 is 15.4 Å². The number of nitrogens with zero attached hydrogens (tertiary/aromatic N) is 1. The summed E-state index contributed by atoms with van der Waals surface area (Å²) in [5.41, 5.74) is 1.91. The van der Waals surface area contributed by atoms with Gasteiger partial charge in [0, 0.05) is 24.7 Å². The molecule has 0 radical (unpaired) electrons. The first-order valence-electron chi connectivity index (χ1n) is 8.94. The van der Waals surface area contributed by atoms with Gasteiger partial charge in [0.25, 0.3) is 5.91 Å². The second-order valence-electron chi connectivity index (χ2n) is 6.06. The fourth-order valence-electron chi connectivity index (χ4n) is 2.40. The Hall–Kier alpha value is -3.61. The first-order valence-corrected chi connectivity index (χ1v) is 8.94. The maximum atomic E-state index is 12.1. The van der Waals surface area contributed by atoms with Gasteiger partial charge in [-0.3, -0.25) is 9.59 Å². The van der Waals surface area contributed by atoms with Crippen molar-refractivity contribution in [2.75, 3.05) is 5.32 Å². The number of carbonyl (C=O) groups excluding carboxylic acids is 2. The standard InChI is InChI=1S/C21H21N3O4/c1-2-20(25)23-16-8-10-17(11-9-16)27-14-18-12-19(24-28-18)21(26)22-13-15-6-4-3-5-7-15/h3-12H,2,13-14H2,1H3,(H,22,26)(H,23,25). The SMILES string of the molecule is CCC(=O)Nc1ccc(OCc2cc(C(=O)NCc3ccccc3)no2)cc1. The zero-order chi connectivity index (χ0) is 19.8. The minimum atomic E-state index is -0.310. The highest BCUT2D eigenvalue weighted by atomic mass is 16.5. The van der Waals surface area contributed by atoms with Crippen LogP contribution in [0.5, 0.6) is 5.75 Å². The summed E-state index contributed by atoms with van der Waals surface area (Å²) in [5, 5.41) is 9.34. The van der Waals surface area contributed by atoms with E-state index in [1.54, 1.807) is 37.3 Å². The van der Waals surface area contributed by atoms with E-state index in [4.69, 9.17) is 9.26 Å². The minimum absolute atomic E-state index is 0.0478. The lowest BCUT2D eigenvalue weighted by Crippen LogP contribution is -2.22. The Labute approximate surface area is 162 Å². The van der Waals surface area contributed by atoms with E-state index >= 15 is 0 Å². The molecule has 1 aromatic heterocycles. The molecule has 7 heteroatoms. The van der Waals surface area contributed by atoms with Crippen LogP contribution in [0, 0.1) is 0 Å². The maximum absolute atomic E-state index is 12.1. The van der Waals surface area contributed by atoms with Crippen molar-refractivity contribution in [1.82, 2.24) is 10.5 Å². The number of amides is 2. The van der Waals surface area contributed by atoms with Crippen LogP contribution in [-0.4, -0.2) is 17.0 Å². The van der Waals surface area contributed by atoms with Crippen molar-refractivity contribution in [1.29, 1.82) is 0 Å². The van der Waals surface area contributed by atoms with Gasteiger partial charge in [-0.1, -0.05) is 42.4 Å². The number of carbonyl (C=O) groups is 2. The Bertz CT molecular complexity index is 920. The van der Waals surface area contributed by atoms with Gasteiger partial charge < -0.3 is 19.9 Å². The molecule has 0 fully saturated rings. The van der Waals surface area contributed by atoms with E-state index in [9.17, 15) is 9.59 Å². The van der Waals surface area contributed by atoms with Gasteiger partial charge in [-0.2, -0.15) is 0 Å². The number of rotatable bonds is 8. The van der Waals surface area contributed by atoms with Crippen molar-refractivity contribution >= 4 is 17.5 Å². The number of anilines is 1. The van der Waals surface area contributed by atoms with E-state index in [1.807, 2.05) is 30.3 Å². The molecule has 0 spiro atoms. The Kier molecular flexibility index (Phi) is 6.41. The molecular weight excluding hydrogens is 358 g/mol. The van der Waals surface area contributed by atoms with Crippen LogP contribution in [0.25, 0.3) is 0 Å². The largest absolute Gasteiger partial charge is 0.486 e. The fraction of sp³-hybridized carbons (Fsp3) is 0.190. The van der Waals surface area contributed by atoms with E-state index in [1.165, 1.54) is 0 Å². The summed E-state index contributed by atoms with van der Waals surface area (Å²) in [7, 11) is 0. The van der Waals surface area contributed by atoms with Gasteiger partial charge in [0.15, 0.2) is 11.5 Å². The highest BCUT2D eigenvalue weighted by molar-refractivity contribution is 5.92. The minimum Gasteiger partial charge on any atom is -0.486 e. The Morgan fingerprint density at radius 2 is 1.82 bits per heavy atom. The van der Waals surface area contributed by atoms with Crippen molar-refractivity contribution in [2.45, 2.75) is 26.5 Å². The van der Waals surface area contributed by atoms with E-state index in [-0.39, 0.29) is 24.1 Å². The quantitative estimate of drug-likeness (QED) is 0.624. The van der Waals surface area contributed by atoms with Gasteiger partial charge in [-0.05, 0) is 29.8 Å². The summed E-state index contributed by atoms with van der Waals surface area (Å²) < 4.78 is 10.8. The molecular formula is C21H21N3O4. The molecule has 2 amide bonds. The van der Waals surface area contributed by atoms with Crippen molar-refractivity contribution < 1.29 is 18.8 Å². The first-order chi connectivity index (χ1) is 13.6. The number of benzene rings is 2. The summed E-state index contributed by atoms with van der Waals surface area (Å²) >= 11 is 0. The molecule has 0 aliphatic rings. The monoisotopic (exact) mass is 379 g/mol. The average Bonchev–Trinajstić information content (AvgIpc) is 3.21. The average molecular weight is 379 g/mol. The molecule has 0 unspecified atom stereocenters. The summed E-state index contributed by atoms with van der Waals surface area (Å²) in [5.74, 6) is 0.692. The smallest absolute Gasteiger partial charge is 0.273 e. The van der Waals surface area contributed by atoms with Crippen molar-refractivity contribution in [3.05, 3.63) is 77.7 Å². The van der Waals surface area contributed by atoms with Crippen LogP contribution in [0.2, 0.25) is 0 Å². The molecule has 0 saturated heterocycles. The van der Waals surface area contributed by atoms with Crippen LogP contribution in [0.3, 0.4) is 0 Å². The molecule has 0 bridgehead atoms. The van der Waals surface area contributed by atoms with Gasteiger partial charge in [-0.25, -0.2) is 0 Å². The molecule has 0 aliphatic carbocycles. The predicted molar refractivity (Wildman–Crippen MR) is 104 cm³/mol. The zero-order valence-electron chi connectivity index (χ0n) is 15.5. The third-order valence-electron chi connectivity index (χ3n) is 3.93. The van der Waals surface area contributed by atoms with Gasteiger partial charge >= 0.3 is 0 Å². The van der Waals surface area contributed by atoms with Crippen molar-refractivity contribution in [3.8, 4) is 5.75 Å². The maximum Gasteiger partial charge on any atom is 0.273 e. The predicted octanol–water partition coefficient (Wildman–Crippen LogP) is 3.53. The number of aromatic nitrogens is 1. The summed E-state index contributed by atoms with van der Waals surface area (Å²) in [6.07, 6.45) is 0.422. The first kappa shape index (κ1) is 19.2. The van der Waals surface area contributed by atoms with Crippen LogP contribution >= 0.6 is 0 Å². The molecule has 2 N–H and O–H groups in total. The molecule has 0 atom stereocenters. The van der Waals surface area contributed by atoms with Gasteiger partial charge in [-0.15, -0.1) is 0 Å². The van der Waals surface area contributed by atoms with Crippen LogP contribution in [-0.2, 0) is 17.9 Å². The van der Waals surface area contributed by atoms with Crippen LogP contribution in [0.15, 0.2) is 65.2 Å². The Balaban J connectivity index is 1.49. The van der Waals surface area contributed by atoms with Gasteiger partial charge in [0.2, 0.25) is 5.91 Å². The molecule has 28 heavy (non-hydrogen) atoms. The second-order valence-corrected chi connectivity index (χ2v) is 6.06. The molecule has 0 saturated carbocycles. The summed E-state index contributed by atoms with van der Waals surface area (Å²) in [4.78, 5) is 23.5. The third-order valence-corrected chi connectivity index (χ3v) is 3.93. The zero-order valence-corrected chi connectivity index (χ0v) is 15.5. The molecule has 0 aliphatic heterocycles. The normalized spacial score (nSPS) is 10.3. The highest BCUT2D eigenvalue weighted by Crippen LogP contribution is 2.17. The summed E-state index contributed by atoms with van der Waals surface area (Å²) in [6.45, 7) is 2.35. The third kappa shape index (κ3) is 5.44. The lowest BCUT2D eigenvalue weighted by Gasteiger charge is -2.06. The Morgan fingerprint density at radius 1 is 1.07 bits per heavy atom. The van der Waals surface area contributed by atoms with Crippen molar-refractivity contribution in [2.24, 2.45) is 0 Å². The number of nitrogens with one attached hydrogen (secondary N) is 2. The van der Waals surface area contributed by atoms with Crippen molar-refractivity contribution in [3.63, 3.8) is 0 Å². The van der Waals surface area contributed by atoms with Gasteiger partial charge in [0.1, 0.15) is 12.4 Å². The van der Waals surface area contributed by atoms with E-state index in [0.29, 0.717) is 30.2 Å². The second kappa shape index (κ2) is 9.36. The molecule has 1 heterocycles. The van der Waals surface area contributed by atoms with Crippen LogP contribution in [0.1, 0.15) is 35.2 Å². The molecule has 3 rings (SSSR count). The molecule has 144 valence electrons. The molecule has 2 aromatic carbocycles. The molecule has 3 aromatic rings. The molecule has 7 nitrogen and oxygen atoms in total. The Morgan fingerprint density at radius 3 is 2.54 bits per heavy atom. The highest BCUT2D eigenvalue weighted by Gasteiger charge is 2.12. The number of hydrogen-bond acceptors (Lipinski definition) is 5. The lowest BCUT2D eigenvalue weighted by atomic mass is 10.2. The van der Waals surface area contributed by atoms with Crippen LogP contribution in [0.4, 0.5) is 5.69 Å². The van der Waals surface area contributed by atoms with E-state index < -0.39 is 0 Å². The van der Waals surface area contributed by atoms with E-state index in [2.05, 4.69) is 15.8 Å². The number of ether oxygens (including phenoxy) is 1. The fourth-order valence-corrected chi connectivity index (χ4v) is 2.40. The summed E-state index contributed by atoms with van der Waals surface area (Å²) in [6, 6.07) is 18.2. The number of hydrogen-bond donors (Lipinski definition) is 2. The lowest BCUT2D eigenvalue weighted by molar-refractivity contribution is -0.115. The van der Waals surface area contributed by atoms with Gasteiger partial charge in [0.05, 0.1) is 0 Å². The van der Waals surface area contributed by atoms with E-state index in [0.717, 1.165) is 5.56 Å².